The summed E-state index contributed by atoms with van der Waals surface area (Å²) in [7, 11) is 0. The third kappa shape index (κ3) is 3.27. The van der Waals surface area contributed by atoms with Gasteiger partial charge in [0, 0.05) is 25.7 Å². The number of nitrogens with two attached hydrogens (primary N) is 1. The molecule has 0 bridgehead atoms. The summed E-state index contributed by atoms with van der Waals surface area (Å²) in [6, 6.07) is 14.9. The first kappa shape index (κ1) is 12.9. The molecular weight excluding hydrogens is 248 g/mol. The van der Waals surface area contributed by atoms with Crippen LogP contribution in [0.4, 0.5) is 11.5 Å². The van der Waals surface area contributed by atoms with Gasteiger partial charge >= 0.3 is 0 Å². The lowest BCUT2D eigenvalue weighted by Crippen LogP contribution is -2.26. The van der Waals surface area contributed by atoms with Crippen molar-refractivity contribution in [3.63, 3.8) is 0 Å². The van der Waals surface area contributed by atoms with Crippen LogP contribution in [0.2, 0.25) is 0 Å². The maximum atomic E-state index is 5.64. The highest BCUT2D eigenvalue weighted by Crippen LogP contribution is 2.17. The van der Waals surface area contributed by atoms with Gasteiger partial charge < -0.3 is 11.1 Å². The van der Waals surface area contributed by atoms with Crippen molar-refractivity contribution >= 4 is 11.5 Å². The predicted molar refractivity (Wildman–Crippen MR) is 82.4 cm³/mol. The van der Waals surface area contributed by atoms with E-state index in [4.69, 9.17) is 5.73 Å². The van der Waals surface area contributed by atoms with Crippen molar-refractivity contribution in [1.82, 2.24) is 9.88 Å². The van der Waals surface area contributed by atoms with Crippen molar-refractivity contribution in [2.24, 2.45) is 0 Å². The average molecular weight is 268 g/mol. The van der Waals surface area contributed by atoms with Crippen LogP contribution in [0.5, 0.6) is 0 Å². The Bertz CT molecular complexity index is 538. The highest BCUT2D eigenvalue weighted by Gasteiger charge is 2.22. The Kier molecular flexibility index (Phi) is 3.83. The first-order valence-electron chi connectivity index (χ1n) is 7.04. The Hall–Kier alpha value is -2.07. The van der Waals surface area contributed by atoms with Crippen LogP contribution in [0.15, 0.2) is 48.7 Å². The molecule has 1 saturated heterocycles. The topological polar surface area (TPSA) is 54.2 Å². The lowest BCUT2D eigenvalue weighted by molar-refractivity contribution is 0.328. The third-order valence-electron chi connectivity index (χ3n) is 3.66. The van der Waals surface area contributed by atoms with Gasteiger partial charge in [-0.15, -0.1) is 0 Å². The van der Waals surface area contributed by atoms with Crippen molar-refractivity contribution in [3.05, 3.63) is 54.2 Å². The SMILES string of the molecule is Nc1ccc(NC2CCN(Cc3ccccc3)C2)nc1. The first-order valence-corrected chi connectivity index (χ1v) is 7.04. The molecule has 20 heavy (non-hydrogen) atoms. The summed E-state index contributed by atoms with van der Waals surface area (Å²) in [6.45, 7) is 3.21. The molecule has 1 aliphatic rings. The zero-order chi connectivity index (χ0) is 13.8. The highest BCUT2D eigenvalue weighted by molar-refractivity contribution is 5.44. The minimum absolute atomic E-state index is 0.467. The molecule has 1 atom stereocenters. The maximum absolute atomic E-state index is 5.64. The fourth-order valence-electron chi connectivity index (χ4n) is 2.64. The predicted octanol–water partition coefficient (Wildman–Crippen LogP) is 2.35. The second kappa shape index (κ2) is 5.92. The summed E-state index contributed by atoms with van der Waals surface area (Å²) >= 11 is 0. The van der Waals surface area contributed by atoms with E-state index in [1.54, 1.807) is 6.20 Å². The van der Waals surface area contributed by atoms with E-state index in [9.17, 15) is 0 Å². The van der Waals surface area contributed by atoms with Crippen LogP contribution in [-0.4, -0.2) is 29.0 Å². The number of hydrogen-bond donors (Lipinski definition) is 2. The Labute approximate surface area is 119 Å². The van der Waals surface area contributed by atoms with Crippen LogP contribution in [0.3, 0.4) is 0 Å². The average Bonchev–Trinajstić information content (AvgIpc) is 2.90. The van der Waals surface area contributed by atoms with Gasteiger partial charge in [0.05, 0.1) is 11.9 Å². The number of nitrogen functional groups attached to an aromatic ring is 1. The van der Waals surface area contributed by atoms with Gasteiger partial charge in [-0.25, -0.2) is 4.98 Å². The quantitative estimate of drug-likeness (QED) is 0.893. The third-order valence-corrected chi connectivity index (χ3v) is 3.66. The van der Waals surface area contributed by atoms with Gasteiger partial charge in [-0.3, -0.25) is 4.90 Å². The van der Waals surface area contributed by atoms with E-state index in [0.29, 0.717) is 11.7 Å². The van der Waals surface area contributed by atoms with Crippen molar-refractivity contribution in [2.45, 2.75) is 19.0 Å². The molecule has 1 aliphatic heterocycles. The normalized spacial score (nSPS) is 19.1. The van der Waals surface area contributed by atoms with Gasteiger partial charge in [0.25, 0.3) is 0 Å². The van der Waals surface area contributed by atoms with Gasteiger partial charge in [0.15, 0.2) is 0 Å². The van der Waals surface area contributed by atoms with Gasteiger partial charge in [-0.1, -0.05) is 30.3 Å². The minimum Gasteiger partial charge on any atom is -0.397 e. The molecule has 4 heteroatoms. The van der Waals surface area contributed by atoms with Crippen LogP contribution in [0.25, 0.3) is 0 Å². The number of pyridine rings is 1. The van der Waals surface area contributed by atoms with E-state index < -0.39 is 0 Å². The van der Waals surface area contributed by atoms with E-state index in [1.165, 1.54) is 5.56 Å². The zero-order valence-corrected chi connectivity index (χ0v) is 11.5. The summed E-state index contributed by atoms with van der Waals surface area (Å²) in [6.07, 6.45) is 2.85. The molecule has 1 aromatic carbocycles. The number of benzene rings is 1. The van der Waals surface area contributed by atoms with Crippen LogP contribution in [0, 0.1) is 0 Å². The second-order valence-corrected chi connectivity index (χ2v) is 5.33. The Balaban J connectivity index is 1.53. The number of aromatic nitrogens is 1. The molecule has 3 N–H and O–H groups in total. The lowest BCUT2D eigenvalue weighted by atomic mass is 10.2. The first-order chi connectivity index (χ1) is 9.79. The van der Waals surface area contributed by atoms with E-state index in [-0.39, 0.29) is 0 Å². The number of nitrogens with zero attached hydrogens (tertiary/aromatic N) is 2. The number of likely N-dealkylation sites (tertiary alicyclic amines) is 1. The van der Waals surface area contributed by atoms with Gasteiger partial charge in [-0.2, -0.15) is 0 Å². The number of rotatable bonds is 4. The van der Waals surface area contributed by atoms with Crippen molar-refractivity contribution in [2.75, 3.05) is 24.1 Å². The summed E-state index contributed by atoms with van der Waals surface area (Å²) in [4.78, 5) is 6.77. The molecule has 1 unspecified atom stereocenters. The van der Waals surface area contributed by atoms with E-state index >= 15 is 0 Å². The van der Waals surface area contributed by atoms with Crippen molar-refractivity contribution in [1.29, 1.82) is 0 Å². The Morgan fingerprint density at radius 2 is 2.05 bits per heavy atom. The largest absolute Gasteiger partial charge is 0.397 e. The maximum Gasteiger partial charge on any atom is 0.126 e. The Morgan fingerprint density at radius 1 is 1.20 bits per heavy atom. The highest BCUT2D eigenvalue weighted by atomic mass is 15.2. The van der Waals surface area contributed by atoms with Crippen LogP contribution >= 0.6 is 0 Å². The van der Waals surface area contributed by atoms with Gasteiger partial charge in [-0.05, 0) is 24.1 Å². The molecule has 0 amide bonds. The molecule has 1 aromatic heterocycles. The fourth-order valence-corrected chi connectivity index (χ4v) is 2.64. The van der Waals surface area contributed by atoms with Crippen molar-refractivity contribution in [3.8, 4) is 0 Å². The molecule has 2 heterocycles. The number of anilines is 2. The molecule has 2 aromatic rings. The zero-order valence-electron chi connectivity index (χ0n) is 11.5. The van der Waals surface area contributed by atoms with Crippen molar-refractivity contribution < 1.29 is 0 Å². The lowest BCUT2D eigenvalue weighted by Gasteiger charge is -2.17. The minimum atomic E-state index is 0.467. The molecule has 104 valence electrons. The van der Waals surface area contributed by atoms with Crippen LogP contribution in [-0.2, 0) is 6.54 Å². The summed E-state index contributed by atoms with van der Waals surface area (Å²) in [5, 5.41) is 3.48. The molecule has 1 fully saturated rings. The molecule has 0 spiro atoms. The van der Waals surface area contributed by atoms with E-state index in [0.717, 1.165) is 31.9 Å². The van der Waals surface area contributed by atoms with Crippen LogP contribution < -0.4 is 11.1 Å². The van der Waals surface area contributed by atoms with Gasteiger partial charge in [0.1, 0.15) is 5.82 Å². The molecular formula is C16H20N4. The van der Waals surface area contributed by atoms with E-state index in [1.807, 2.05) is 12.1 Å². The fraction of sp³-hybridized carbons (Fsp3) is 0.312. The smallest absolute Gasteiger partial charge is 0.126 e. The molecule has 4 nitrogen and oxygen atoms in total. The molecule has 3 rings (SSSR count). The second-order valence-electron chi connectivity index (χ2n) is 5.33. The summed E-state index contributed by atoms with van der Waals surface area (Å²) in [5.41, 5.74) is 7.72. The summed E-state index contributed by atoms with van der Waals surface area (Å²) < 4.78 is 0. The number of hydrogen-bond acceptors (Lipinski definition) is 4. The standard InChI is InChI=1S/C16H20N4/c17-14-6-7-16(18-10-14)19-15-8-9-20(12-15)11-13-4-2-1-3-5-13/h1-7,10,15H,8-9,11-12,17H2,(H,18,19). The van der Waals surface area contributed by atoms with Crippen LogP contribution in [0.1, 0.15) is 12.0 Å². The monoisotopic (exact) mass is 268 g/mol. The van der Waals surface area contributed by atoms with E-state index in [2.05, 4.69) is 45.5 Å². The Morgan fingerprint density at radius 3 is 2.80 bits per heavy atom. The van der Waals surface area contributed by atoms with Gasteiger partial charge in [0.2, 0.25) is 0 Å². The summed E-state index contributed by atoms with van der Waals surface area (Å²) in [5.74, 6) is 0.908. The number of nitrogens with one attached hydrogen (secondary N) is 1. The molecule has 0 aliphatic carbocycles. The molecule has 0 radical (unpaired) electrons. The molecule has 0 saturated carbocycles.